The van der Waals surface area contributed by atoms with Gasteiger partial charge in [-0.3, -0.25) is 0 Å². The van der Waals surface area contributed by atoms with Crippen LogP contribution in [0.2, 0.25) is 0 Å². The number of hydrogen-bond donors (Lipinski definition) is 1. The van der Waals surface area contributed by atoms with E-state index in [0.717, 1.165) is 0 Å². The zero-order valence-electron chi connectivity index (χ0n) is 4.93. The van der Waals surface area contributed by atoms with Crippen LogP contribution in [0.4, 0.5) is 0 Å². The summed E-state index contributed by atoms with van der Waals surface area (Å²) in [4.78, 5) is 0. The quantitative estimate of drug-likeness (QED) is 0.456. The molecule has 50 valence electrons. The number of aliphatic hydroxyl groups is 1. The highest BCUT2D eigenvalue weighted by molar-refractivity contribution is 6.20. The second-order valence-electron chi connectivity index (χ2n) is 1.58. The first-order valence-corrected chi connectivity index (χ1v) is 3.03. The van der Waals surface area contributed by atoms with Crippen molar-refractivity contribution in [2.24, 2.45) is 0 Å². The fourth-order valence-corrected chi connectivity index (χ4v) is 0.399. The minimum atomic E-state index is 0.0431. The number of rotatable bonds is 4. The van der Waals surface area contributed by atoms with Crippen LogP contribution in [0, 0.1) is 0 Å². The van der Waals surface area contributed by atoms with Gasteiger partial charge in [0.2, 0.25) is 0 Å². The Labute approximate surface area is 54.4 Å². The third kappa shape index (κ3) is 6.21. The maximum absolute atomic E-state index is 8.21. The van der Waals surface area contributed by atoms with Crippen molar-refractivity contribution in [1.29, 1.82) is 0 Å². The second kappa shape index (κ2) is 5.35. The number of ether oxygens (including phenoxy) is 1. The van der Waals surface area contributed by atoms with E-state index < -0.39 is 0 Å². The van der Waals surface area contributed by atoms with Gasteiger partial charge >= 0.3 is 0 Å². The minimum Gasteiger partial charge on any atom is -0.394 e. The highest BCUT2D eigenvalue weighted by Crippen LogP contribution is 1.92. The first-order valence-electron chi connectivity index (χ1n) is 2.60. The van der Waals surface area contributed by atoms with Crippen LogP contribution in [0.5, 0.6) is 0 Å². The van der Waals surface area contributed by atoms with Crippen molar-refractivity contribution in [2.75, 3.05) is 19.8 Å². The van der Waals surface area contributed by atoms with Gasteiger partial charge < -0.3 is 9.84 Å². The van der Waals surface area contributed by atoms with E-state index in [4.69, 9.17) is 21.4 Å². The highest BCUT2D eigenvalue weighted by atomic mass is 35.5. The molecule has 0 fully saturated rings. The summed E-state index contributed by atoms with van der Waals surface area (Å²) in [5, 5.41) is 8.25. The van der Waals surface area contributed by atoms with Crippen LogP contribution in [0.15, 0.2) is 0 Å². The third-order valence-corrected chi connectivity index (χ3v) is 0.709. The zero-order chi connectivity index (χ0) is 6.41. The van der Waals surface area contributed by atoms with E-state index in [-0.39, 0.29) is 12.0 Å². The Balaban J connectivity index is 2.72. The van der Waals surface area contributed by atoms with Crippen molar-refractivity contribution >= 4 is 11.6 Å². The summed E-state index contributed by atoms with van der Waals surface area (Å²) in [5.41, 5.74) is 0. The molecule has 0 aliphatic rings. The molecule has 0 saturated heterocycles. The molecule has 0 spiro atoms. The lowest BCUT2D eigenvalue weighted by Crippen LogP contribution is -2.07. The van der Waals surface area contributed by atoms with Crippen LogP contribution in [0.25, 0.3) is 0 Å². The SMILES string of the molecule is CC(Cl)COCCO. The molecule has 1 N–H and O–H groups in total. The lowest BCUT2D eigenvalue weighted by atomic mass is 10.5. The average molecular weight is 139 g/mol. The largest absolute Gasteiger partial charge is 0.394 e. The number of halogens is 1. The van der Waals surface area contributed by atoms with Crippen LogP contribution in [-0.2, 0) is 4.74 Å². The molecule has 1 unspecified atom stereocenters. The summed E-state index contributed by atoms with van der Waals surface area (Å²) in [6, 6.07) is 0. The first kappa shape index (κ1) is 8.21. The summed E-state index contributed by atoms with van der Waals surface area (Å²) < 4.78 is 4.86. The lowest BCUT2D eigenvalue weighted by Gasteiger charge is -2.01. The molecule has 1 atom stereocenters. The third-order valence-electron chi connectivity index (χ3n) is 0.583. The monoisotopic (exact) mass is 138 g/mol. The normalized spacial score (nSPS) is 13.9. The van der Waals surface area contributed by atoms with Gasteiger partial charge in [0.05, 0.1) is 25.2 Å². The molecule has 0 bridgehead atoms. The summed E-state index contributed by atoms with van der Waals surface area (Å²) in [6.45, 7) is 2.82. The number of alkyl halides is 1. The van der Waals surface area contributed by atoms with Crippen molar-refractivity contribution in [3.63, 3.8) is 0 Å². The van der Waals surface area contributed by atoms with E-state index in [9.17, 15) is 0 Å². The van der Waals surface area contributed by atoms with E-state index >= 15 is 0 Å². The Morgan fingerprint density at radius 2 is 2.38 bits per heavy atom. The van der Waals surface area contributed by atoms with Crippen molar-refractivity contribution in [1.82, 2.24) is 0 Å². The molecule has 0 radical (unpaired) electrons. The van der Waals surface area contributed by atoms with Gasteiger partial charge in [-0.25, -0.2) is 0 Å². The van der Waals surface area contributed by atoms with Gasteiger partial charge in [0.25, 0.3) is 0 Å². The number of aliphatic hydroxyl groups excluding tert-OH is 1. The molecule has 0 heterocycles. The molecule has 0 rings (SSSR count). The summed E-state index contributed by atoms with van der Waals surface area (Å²) in [6.07, 6.45) is 0. The van der Waals surface area contributed by atoms with Crippen LogP contribution < -0.4 is 0 Å². The zero-order valence-corrected chi connectivity index (χ0v) is 5.69. The van der Waals surface area contributed by atoms with Gasteiger partial charge in [0, 0.05) is 0 Å². The molecular weight excluding hydrogens is 128 g/mol. The van der Waals surface area contributed by atoms with E-state index in [1.165, 1.54) is 0 Å². The Kier molecular flexibility index (Phi) is 5.49. The predicted molar refractivity (Wildman–Crippen MR) is 33.2 cm³/mol. The summed E-state index contributed by atoms with van der Waals surface area (Å²) in [5.74, 6) is 0. The Morgan fingerprint density at radius 1 is 1.75 bits per heavy atom. The van der Waals surface area contributed by atoms with Gasteiger partial charge in [0.15, 0.2) is 0 Å². The Bertz CT molecular complexity index is 47.7. The molecule has 0 aliphatic heterocycles. The smallest absolute Gasteiger partial charge is 0.0698 e. The van der Waals surface area contributed by atoms with Gasteiger partial charge in [-0.1, -0.05) is 0 Å². The molecule has 0 aromatic carbocycles. The molecule has 0 aromatic rings. The lowest BCUT2D eigenvalue weighted by molar-refractivity contribution is 0.0942. The van der Waals surface area contributed by atoms with E-state index in [2.05, 4.69) is 0 Å². The topological polar surface area (TPSA) is 29.5 Å². The molecule has 8 heavy (non-hydrogen) atoms. The van der Waals surface area contributed by atoms with Crippen molar-refractivity contribution in [2.45, 2.75) is 12.3 Å². The standard InChI is InChI=1S/C5H11ClO2/c1-5(6)4-8-3-2-7/h5,7H,2-4H2,1H3. The minimum absolute atomic E-state index is 0.0431. The van der Waals surface area contributed by atoms with Crippen LogP contribution in [-0.4, -0.2) is 30.3 Å². The fourth-order valence-electron chi connectivity index (χ4n) is 0.310. The van der Waals surface area contributed by atoms with Crippen LogP contribution in [0.3, 0.4) is 0 Å². The molecule has 0 aliphatic carbocycles. The van der Waals surface area contributed by atoms with Crippen LogP contribution >= 0.6 is 11.6 Å². The van der Waals surface area contributed by atoms with Gasteiger partial charge in [-0.15, -0.1) is 11.6 Å². The van der Waals surface area contributed by atoms with E-state index in [1.807, 2.05) is 6.92 Å². The first-order chi connectivity index (χ1) is 3.77. The summed E-state index contributed by atoms with van der Waals surface area (Å²) in [7, 11) is 0. The molecule has 0 amide bonds. The molecule has 0 saturated carbocycles. The maximum Gasteiger partial charge on any atom is 0.0698 e. The average Bonchev–Trinajstić information content (AvgIpc) is 1.66. The van der Waals surface area contributed by atoms with Crippen molar-refractivity contribution in [3.05, 3.63) is 0 Å². The van der Waals surface area contributed by atoms with Crippen molar-refractivity contribution in [3.8, 4) is 0 Å². The van der Waals surface area contributed by atoms with Gasteiger partial charge in [0.1, 0.15) is 0 Å². The summed E-state index contributed by atoms with van der Waals surface area (Å²) >= 11 is 5.51. The fraction of sp³-hybridized carbons (Fsp3) is 1.00. The number of hydrogen-bond acceptors (Lipinski definition) is 2. The molecule has 0 aromatic heterocycles. The van der Waals surface area contributed by atoms with Gasteiger partial charge in [-0.2, -0.15) is 0 Å². The Hall–Kier alpha value is 0.210. The molecular formula is C5H11ClO2. The Morgan fingerprint density at radius 3 is 2.75 bits per heavy atom. The van der Waals surface area contributed by atoms with E-state index in [0.29, 0.717) is 13.2 Å². The highest BCUT2D eigenvalue weighted by Gasteiger charge is 1.92. The van der Waals surface area contributed by atoms with Crippen LogP contribution in [0.1, 0.15) is 6.92 Å². The second-order valence-corrected chi connectivity index (χ2v) is 2.32. The van der Waals surface area contributed by atoms with Crippen molar-refractivity contribution < 1.29 is 9.84 Å². The molecule has 3 heteroatoms. The maximum atomic E-state index is 8.21. The van der Waals surface area contributed by atoms with Gasteiger partial charge in [-0.05, 0) is 6.92 Å². The predicted octanol–water partition coefficient (Wildman–Crippen LogP) is 0.623. The molecule has 2 nitrogen and oxygen atoms in total. The van der Waals surface area contributed by atoms with E-state index in [1.54, 1.807) is 0 Å².